The van der Waals surface area contributed by atoms with E-state index in [0.717, 1.165) is 34.2 Å². The van der Waals surface area contributed by atoms with Crippen molar-refractivity contribution in [1.82, 2.24) is 4.98 Å². The number of nitrogens with one attached hydrogen (secondary N) is 2. The van der Waals surface area contributed by atoms with Gasteiger partial charge in [-0.3, -0.25) is 4.79 Å². The van der Waals surface area contributed by atoms with Gasteiger partial charge in [-0.15, -0.1) is 0 Å². The molecule has 6 nitrogen and oxygen atoms in total. The third-order valence-electron chi connectivity index (χ3n) is 6.35. The first-order valence-corrected chi connectivity index (χ1v) is 11.4. The average molecular weight is 459 g/mol. The van der Waals surface area contributed by atoms with E-state index in [1.54, 1.807) is 13.3 Å². The van der Waals surface area contributed by atoms with E-state index in [9.17, 15) is 9.59 Å². The minimum atomic E-state index is -0.633. The molecule has 4 rings (SSSR count). The third-order valence-corrected chi connectivity index (χ3v) is 6.35. The van der Waals surface area contributed by atoms with Crippen LogP contribution in [0.1, 0.15) is 53.1 Å². The number of rotatable bonds is 6. The number of aryl methyl sites for hydroxylation is 3. The van der Waals surface area contributed by atoms with Gasteiger partial charge in [-0.1, -0.05) is 48.9 Å². The minimum Gasteiger partial charge on any atom is -0.496 e. The lowest BCUT2D eigenvalue weighted by atomic mass is 9.80. The SMILES string of the molecule is CCc1ccc(C2C(C(=O)OCc3ccc(C)cc3)=C(C)Nc3c(C)c[nH]c(=O)c32)c(OC)c1. The first kappa shape index (κ1) is 23.4. The number of carbonyl (C=O) groups is 1. The lowest BCUT2D eigenvalue weighted by Gasteiger charge is -2.31. The molecule has 3 aromatic rings. The van der Waals surface area contributed by atoms with Crippen LogP contribution in [0, 0.1) is 13.8 Å². The molecular weight excluding hydrogens is 428 g/mol. The molecule has 1 aromatic heterocycles. The van der Waals surface area contributed by atoms with Crippen LogP contribution in [-0.4, -0.2) is 18.1 Å². The van der Waals surface area contributed by atoms with Crippen LogP contribution in [0.5, 0.6) is 5.75 Å². The van der Waals surface area contributed by atoms with Crippen LogP contribution >= 0.6 is 0 Å². The number of hydrogen-bond acceptors (Lipinski definition) is 5. The number of ether oxygens (including phenoxy) is 2. The van der Waals surface area contributed by atoms with Gasteiger partial charge in [0.1, 0.15) is 12.4 Å². The predicted octanol–water partition coefficient (Wildman–Crippen LogP) is 5.14. The molecule has 0 fully saturated rings. The molecule has 2 aromatic carbocycles. The van der Waals surface area contributed by atoms with Gasteiger partial charge in [-0.05, 0) is 49.9 Å². The highest BCUT2D eigenvalue weighted by Gasteiger charge is 2.37. The molecule has 0 saturated heterocycles. The number of hydrogen-bond donors (Lipinski definition) is 2. The van der Waals surface area contributed by atoms with Gasteiger partial charge in [0.25, 0.3) is 5.56 Å². The van der Waals surface area contributed by atoms with E-state index in [0.29, 0.717) is 28.3 Å². The van der Waals surface area contributed by atoms with Crippen LogP contribution < -0.4 is 15.6 Å². The lowest BCUT2D eigenvalue weighted by Crippen LogP contribution is -2.30. The van der Waals surface area contributed by atoms with Crippen LogP contribution in [0.2, 0.25) is 0 Å². The number of methoxy groups -OCH3 is 1. The van der Waals surface area contributed by atoms with Gasteiger partial charge >= 0.3 is 5.97 Å². The van der Waals surface area contributed by atoms with E-state index in [2.05, 4.69) is 17.2 Å². The highest BCUT2D eigenvalue weighted by Crippen LogP contribution is 2.44. The fraction of sp³-hybridized carbons (Fsp3) is 0.286. The zero-order valence-corrected chi connectivity index (χ0v) is 20.2. The fourth-order valence-corrected chi connectivity index (χ4v) is 4.41. The molecule has 1 aliphatic rings. The molecule has 0 radical (unpaired) electrons. The summed E-state index contributed by atoms with van der Waals surface area (Å²) in [5.41, 5.74) is 6.78. The molecule has 0 spiro atoms. The zero-order valence-electron chi connectivity index (χ0n) is 20.2. The quantitative estimate of drug-likeness (QED) is 0.500. The average Bonchev–Trinajstić information content (AvgIpc) is 2.84. The van der Waals surface area contributed by atoms with E-state index in [-0.39, 0.29) is 12.2 Å². The van der Waals surface area contributed by atoms with E-state index in [1.165, 1.54) is 0 Å². The number of anilines is 1. The van der Waals surface area contributed by atoms with Gasteiger partial charge in [-0.2, -0.15) is 0 Å². The molecule has 176 valence electrons. The van der Waals surface area contributed by atoms with Gasteiger partial charge in [0.15, 0.2) is 0 Å². The molecule has 1 unspecified atom stereocenters. The maximum absolute atomic E-state index is 13.5. The number of H-pyrrole nitrogens is 1. The van der Waals surface area contributed by atoms with E-state index in [4.69, 9.17) is 9.47 Å². The highest BCUT2D eigenvalue weighted by atomic mass is 16.5. The van der Waals surface area contributed by atoms with Gasteiger partial charge < -0.3 is 19.8 Å². The van der Waals surface area contributed by atoms with Gasteiger partial charge in [-0.25, -0.2) is 4.79 Å². The zero-order chi connectivity index (χ0) is 24.4. The van der Waals surface area contributed by atoms with Crippen molar-refractivity contribution >= 4 is 11.7 Å². The topological polar surface area (TPSA) is 80.4 Å². The van der Waals surface area contributed by atoms with Crippen molar-refractivity contribution in [3.8, 4) is 5.75 Å². The lowest BCUT2D eigenvalue weighted by molar-refractivity contribution is -0.140. The minimum absolute atomic E-state index is 0.144. The second-order valence-electron chi connectivity index (χ2n) is 8.68. The Bertz CT molecular complexity index is 1320. The molecular formula is C28H30N2O4. The molecule has 6 heteroatoms. The summed E-state index contributed by atoms with van der Waals surface area (Å²) in [5, 5.41) is 3.28. The Morgan fingerprint density at radius 1 is 1.03 bits per heavy atom. The Hall–Kier alpha value is -3.80. The second-order valence-corrected chi connectivity index (χ2v) is 8.68. The van der Waals surface area contributed by atoms with Gasteiger partial charge in [0, 0.05) is 17.5 Å². The maximum atomic E-state index is 13.5. The summed E-state index contributed by atoms with van der Waals surface area (Å²) >= 11 is 0. The van der Waals surface area contributed by atoms with Crippen LogP contribution in [0.3, 0.4) is 0 Å². The number of allylic oxidation sites excluding steroid dienone is 1. The summed E-state index contributed by atoms with van der Waals surface area (Å²) in [4.78, 5) is 29.4. The summed E-state index contributed by atoms with van der Waals surface area (Å²) in [5.74, 6) is -0.468. The van der Waals surface area contributed by atoms with E-state index >= 15 is 0 Å². The number of benzene rings is 2. The van der Waals surface area contributed by atoms with Crippen LogP contribution in [-0.2, 0) is 22.6 Å². The predicted molar refractivity (Wildman–Crippen MR) is 133 cm³/mol. The van der Waals surface area contributed by atoms with Crippen molar-refractivity contribution in [2.24, 2.45) is 0 Å². The first-order chi connectivity index (χ1) is 16.3. The van der Waals surface area contributed by atoms with Crippen molar-refractivity contribution in [2.75, 3.05) is 12.4 Å². The van der Waals surface area contributed by atoms with Gasteiger partial charge in [0.05, 0.1) is 29.9 Å². The molecule has 1 aliphatic heterocycles. The summed E-state index contributed by atoms with van der Waals surface area (Å²) in [6.45, 7) is 7.98. The molecule has 0 saturated carbocycles. The molecule has 0 aliphatic carbocycles. The molecule has 34 heavy (non-hydrogen) atoms. The summed E-state index contributed by atoms with van der Waals surface area (Å²) in [6.07, 6.45) is 2.52. The number of esters is 1. The van der Waals surface area contributed by atoms with Crippen molar-refractivity contribution in [3.63, 3.8) is 0 Å². The number of aromatic amines is 1. The largest absolute Gasteiger partial charge is 0.496 e. The highest BCUT2D eigenvalue weighted by molar-refractivity contribution is 5.95. The standard InChI is InChI=1S/C28H30N2O4/c1-6-19-11-12-21(22(13-19)33-5)24-23(28(32)34-15-20-9-7-16(2)8-10-20)18(4)30-26-17(3)14-29-27(31)25(24)26/h7-14,24,30H,6,15H2,1-5H3,(H,29,31). The number of aromatic nitrogens is 1. The van der Waals surface area contributed by atoms with Crippen molar-refractivity contribution < 1.29 is 14.3 Å². The Kier molecular flexibility index (Phi) is 6.59. The van der Waals surface area contributed by atoms with Crippen molar-refractivity contribution in [1.29, 1.82) is 0 Å². The number of fused-ring (bicyclic) bond motifs is 1. The Labute approximate surface area is 199 Å². The Morgan fingerprint density at radius 3 is 2.41 bits per heavy atom. The van der Waals surface area contributed by atoms with Crippen LogP contribution in [0.25, 0.3) is 0 Å². The summed E-state index contributed by atoms with van der Waals surface area (Å²) in [7, 11) is 1.60. The number of pyridine rings is 1. The Balaban J connectivity index is 1.82. The van der Waals surface area contributed by atoms with Crippen LogP contribution in [0.4, 0.5) is 5.69 Å². The second kappa shape index (κ2) is 9.59. The first-order valence-electron chi connectivity index (χ1n) is 11.4. The number of carbonyl (C=O) groups excluding carboxylic acids is 1. The maximum Gasteiger partial charge on any atom is 0.337 e. The van der Waals surface area contributed by atoms with E-state index in [1.807, 2.05) is 63.2 Å². The normalized spacial score (nSPS) is 14.9. The van der Waals surface area contributed by atoms with Gasteiger partial charge in [0.2, 0.25) is 0 Å². The summed E-state index contributed by atoms with van der Waals surface area (Å²) in [6, 6.07) is 13.8. The van der Waals surface area contributed by atoms with E-state index < -0.39 is 11.9 Å². The molecule has 0 bridgehead atoms. The smallest absolute Gasteiger partial charge is 0.337 e. The summed E-state index contributed by atoms with van der Waals surface area (Å²) < 4.78 is 11.5. The van der Waals surface area contributed by atoms with Crippen molar-refractivity contribution in [3.05, 3.63) is 104 Å². The third kappa shape index (κ3) is 4.36. The molecule has 0 amide bonds. The van der Waals surface area contributed by atoms with Crippen LogP contribution in [0.15, 0.2) is 64.7 Å². The Morgan fingerprint density at radius 2 is 1.74 bits per heavy atom. The molecule has 2 N–H and O–H groups in total. The molecule has 1 atom stereocenters. The van der Waals surface area contributed by atoms with Crippen molar-refractivity contribution in [2.45, 2.75) is 46.6 Å². The fourth-order valence-electron chi connectivity index (χ4n) is 4.41. The molecule has 2 heterocycles. The monoisotopic (exact) mass is 458 g/mol.